The van der Waals surface area contributed by atoms with Crippen molar-refractivity contribution in [1.82, 2.24) is 20.3 Å². The number of nitrogens with one attached hydrogen (secondary N) is 1. The van der Waals surface area contributed by atoms with Crippen LogP contribution in [0.15, 0.2) is 30.7 Å². The molecule has 1 N–H and O–H groups in total. The van der Waals surface area contributed by atoms with Crippen LogP contribution in [0.5, 0.6) is 0 Å². The van der Waals surface area contributed by atoms with Crippen molar-refractivity contribution in [1.29, 1.82) is 0 Å². The summed E-state index contributed by atoms with van der Waals surface area (Å²) >= 11 is 0. The van der Waals surface area contributed by atoms with E-state index < -0.39 is 0 Å². The van der Waals surface area contributed by atoms with Crippen LogP contribution in [0.4, 0.5) is 0 Å². The minimum absolute atomic E-state index is 0.0451. The highest BCUT2D eigenvalue weighted by molar-refractivity contribution is 5.81. The Labute approximate surface area is 131 Å². The number of carbonyl (C=O) groups is 1. The van der Waals surface area contributed by atoms with Crippen molar-refractivity contribution < 1.29 is 4.79 Å². The monoisotopic (exact) mass is 298 g/mol. The first-order valence-corrected chi connectivity index (χ1v) is 7.39. The zero-order valence-electron chi connectivity index (χ0n) is 13.6. The van der Waals surface area contributed by atoms with Crippen LogP contribution < -0.4 is 5.32 Å². The molecular weight excluding hydrogens is 276 g/mol. The molecule has 0 aliphatic rings. The molecule has 116 valence electrons. The molecule has 5 heteroatoms. The van der Waals surface area contributed by atoms with E-state index in [1.165, 1.54) is 0 Å². The van der Waals surface area contributed by atoms with Crippen LogP contribution in [0.25, 0.3) is 11.1 Å². The topological polar surface area (TPSA) is 67.8 Å². The predicted molar refractivity (Wildman–Crippen MR) is 86.2 cm³/mol. The van der Waals surface area contributed by atoms with Crippen LogP contribution >= 0.6 is 0 Å². The number of carbonyl (C=O) groups excluding carboxylic acids is 1. The molecule has 0 saturated carbocycles. The summed E-state index contributed by atoms with van der Waals surface area (Å²) in [5.41, 5.74) is 2.58. The molecule has 5 nitrogen and oxygen atoms in total. The van der Waals surface area contributed by atoms with Crippen LogP contribution in [0.2, 0.25) is 0 Å². The molecule has 2 rings (SSSR count). The Morgan fingerprint density at radius 2 is 1.91 bits per heavy atom. The van der Waals surface area contributed by atoms with Gasteiger partial charge in [0.2, 0.25) is 5.91 Å². The van der Waals surface area contributed by atoms with E-state index in [0.717, 1.165) is 22.6 Å². The molecule has 0 atom stereocenters. The molecule has 0 radical (unpaired) electrons. The van der Waals surface area contributed by atoms with Gasteiger partial charge in [-0.2, -0.15) is 0 Å². The van der Waals surface area contributed by atoms with Gasteiger partial charge in [0.15, 0.2) is 0 Å². The quantitative estimate of drug-likeness (QED) is 0.942. The number of hydrogen-bond acceptors (Lipinski definition) is 4. The van der Waals surface area contributed by atoms with Gasteiger partial charge in [-0.1, -0.05) is 20.8 Å². The molecule has 0 unspecified atom stereocenters. The highest BCUT2D eigenvalue weighted by Gasteiger charge is 2.20. The molecule has 0 bridgehead atoms. The second kappa shape index (κ2) is 6.64. The van der Waals surface area contributed by atoms with Gasteiger partial charge in [-0.25, -0.2) is 9.97 Å². The minimum atomic E-state index is -0.379. The largest absolute Gasteiger partial charge is 0.355 e. The van der Waals surface area contributed by atoms with E-state index in [9.17, 15) is 4.79 Å². The second-order valence-corrected chi connectivity index (χ2v) is 6.27. The Balaban J connectivity index is 2.14. The summed E-state index contributed by atoms with van der Waals surface area (Å²) < 4.78 is 0. The Hall–Kier alpha value is -2.30. The van der Waals surface area contributed by atoms with Crippen molar-refractivity contribution in [2.75, 3.05) is 6.54 Å². The average Bonchev–Trinajstić information content (AvgIpc) is 2.47. The molecule has 22 heavy (non-hydrogen) atoms. The van der Waals surface area contributed by atoms with Crippen LogP contribution in [0, 0.1) is 12.3 Å². The van der Waals surface area contributed by atoms with Gasteiger partial charge < -0.3 is 5.32 Å². The number of rotatable bonds is 4. The maximum atomic E-state index is 11.9. The number of pyridine rings is 1. The van der Waals surface area contributed by atoms with E-state index >= 15 is 0 Å². The fourth-order valence-corrected chi connectivity index (χ4v) is 2.04. The summed E-state index contributed by atoms with van der Waals surface area (Å²) in [6.07, 6.45) is 6.00. The van der Waals surface area contributed by atoms with E-state index in [0.29, 0.717) is 13.0 Å². The summed E-state index contributed by atoms with van der Waals surface area (Å²) in [5.74, 6) is 0.777. The fourth-order valence-electron chi connectivity index (χ4n) is 2.04. The smallest absolute Gasteiger partial charge is 0.225 e. The molecule has 0 aliphatic carbocycles. The summed E-state index contributed by atoms with van der Waals surface area (Å²) in [4.78, 5) is 24.8. The predicted octanol–water partition coefficient (Wildman–Crippen LogP) is 2.55. The first-order chi connectivity index (χ1) is 10.4. The van der Waals surface area contributed by atoms with Gasteiger partial charge in [-0.3, -0.25) is 9.78 Å². The summed E-state index contributed by atoms with van der Waals surface area (Å²) in [6.45, 7) is 8.14. The lowest BCUT2D eigenvalue weighted by atomic mass is 9.95. The second-order valence-electron chi connectivity index (χ2n) is 6.27. The van der Waals surface area contributed by atoms with Gasteiger partial charge >= 0.3 is 0 Å². The maximum absolute atomic E-state index is 11.9. The highest BCUT2D eigenvalue weighted by atomic mass is 16.2. The number of aromatic nitrogens is 3. The summed E-state index contributed by atoms with van der Waals surface area (Å²) in [6, 6.07) is 3.87. The van der Waals surface area contributed by atoms with E-state index in [-0.39, 0.29) is 11.3 Å². The van der Waals surface area contributed by atoms with E-state index in [2.05, 4.69) is 20.3 Å². The molecule has 0 aromatic carbocycles. The van der Waals surface area contributed by atoms with Crippen LogP contribution in [0.1, 0.15) is 32.3 Å². The lowest BCUT2D eigenvalue weighted by Gasteiger charge is -2.18. The van der Waals surface area contributed by atoms with Crippen molar-refractivity contribution in [3.8, 4) is 11.1 Å². The average molecular weight is 298 g/mol. The van der Waals surface area contributed by atoms with Crippen LogP contribution in [-0.4, -0.2) is 27.4 Å². The van der Waals surface area contributed by atoms with E-state index in [1.807, 2.05) is 46.0 Å². The maximum Gasteiger partial charge on any atom is 0.225 e. The van der Waals surface area contributed by atoms with Crippen molar-refractivity contribution in [3.63, 3.8) is 0 Å². The number of amides is 1. The van der Waals surface area contributed by atoms with E-state index in [1.54, 1.807) is 12.4 Å². The summed E-state index contributed by atoms with van der Waals surface area (Å²) in [5, 5.41) is 2.96. The SMILES string of the molecule is Cc1ncc(-c2ccncc2)c(CCNC(=O)C(C)(C)C)n1. The third kappa shape index (κ3) is 4.10. The molecule has 2 heterocycles. The lowest BCUT2D eigenvalue weighted by molar-refractivity contribution is -0.128. The zero-order chi connectivity index (χ0) is 16.2. The van der Waals surface area contributed by atoms with Gasteiger partial charge in [0.25, 0.3) is 0 Å². The molecular formula is C17H22N4O. The molecule has 2 aromatic heterocycles. The van der Waals surface area contributed by atoms with Crippen molar-refractivity contribution in [3.05, 3.63) is 42.2 Å². The standard InChI is InChI=1S/C17H22N4O/c1-12-20-11-14(13-5-8-18-9-6-13)15(21-12)7-10-19-16(22)17(2,3)4/h5-6,8-9,11H,7,10H2,1-4H3,(H,19,22). The number of hydrogen-bond donors (Lipinski definition) is 1. The lowest BCUT2D eigenvalue weighted by Crippen LogP contribution is -2.36. The normalized spacial score (nSPS) is 11.3. The van der Waals surface area contributed by atoms with Crippen molar-refractivity contribution >= 4 is 5.91 Å². The zero-order valence-corrected chi connectivity index (χ0v) is 13.6. The molecule has 1 amide bonds. The van der Waals surface area contributed by atoms with Crippen molar-refractivity contribution in [2.45, 2.75) is 34.1 Å². The van der Waals surface area contributed by atoms with Gasteiger partial charge in [-0.05, 0) is 24.6 Å². The summed E-state index contributed by atoms with van der Waals surface area (Å²) in [7, 11) is 0. The first kappa shape index (κ1) is 16.1. The third-order valence-electron chi connectivity index (χ3n) is 3.31. The molecule has 0 spiro atoms. The van der Waals surface area contributed by atoms with Crippen LogP contribution in [-0.2, 0) is 11.2 Å². The molecule has 0 fully saturated rings. The Morgan fingerprint density at radius 1 is 1.23 bits per heavy atom. The molecule has 0 aliphatic heterocycles. The molecule has 2 aromatic rings. The molecule has 0 saturated heterocycles. The third-order valence-corrected chi connectivity index (χ3v) is 3.31. The number of aryl methyl sites for hydroxylation is 1. The van der Waals surface area contributed by atoms with E-state index in [4.69, 9.17) is 0 Å². The number of nitrogens with zero attached hydrogens (tertiary/aromatic N) is 3. The van der Waals surface area contributed by atoms with Gasteiger partial charge in [0.05, 0.1) is 5.69 Å². The van der Waals surface area contributed by atoms with Gasteiger partial charge in [-0.15, -0.1) is 0 Å². The van der Waals surface area contributed by atoms with Gasteiger partial charge in [0.1, 0.15) is 5.82 Å². The first-order valence-electron chi connectivity index (χ1n) is 7.39. The van der Waals surface area contributed by atoms with Gasteiger partial charge in [0, 0.05) is 42.5 Å². The Kier molecular flexibility index (Phi) is 4.85. The minimum Gasteiger partial charge on any atom is -0.355 e. The Bertz CT molecular complexity index is 647. The van der Waals surface area contributed by atoms with Crippen LogP contribution in [0.3, 0.4) is 0 Å². The highest BCUT2D eigenvalue weighted by Crippen LogP contribution is 2.21. The van der Waals surface area contributed by atoms with Crippen molar-refractivity contribution in [2.24, 2.45) is 5.41 Å². The Morgan fingerprint density at radius 3 is 2.55 bits per heavy atom. The fraction of sp³-hybridized carbons (Fsp3) is 0.412.